The summed E-state index contributed by atoms with van der Waals surface area (Å²) in [7, 11) is 0. The minimum absolute atomic E-state index is 0.144. The predicted octanol–water partition coefficient (Wildman–Crippen LogP) is 6.78. The number of hydrogen-bond donors (Lipinski definition) is 1. The van der Waals surface area contributed by atoms with Crippen molar-refractivity contribution in [3.63, 3.8) is 0 Å². The van der Waals surface area contributed by atoms with Crippen LogP contribution in [0.3, 0.4) is 0 Å². The molecule has 0 amide bonds. The Kier molecular flexibility index (Phi) is 5.84. The summed E-state index contributed by atoms with van der Waals surface area (Å²) in [6.45, 7) is 0. The molecule has 0 spiro atoms. The van der Waals surface area contributed by atoms with Crippen molar-refractivity contribution in [3.05, 3.63) is 108 Å². The lowest BCUT2D eigenvalue weighted by Gasteiger charge is -2.05. The Hall–Kier alpha value is -4.36. The van der Waals surface area contributed by atoms with E-state index in [4.69, 9.17) is 4.74 Å². The molecule has 0 bridgehead atoms. The number of fused-ring (bicyclic) bond motifs is 1. The van der Waals surface area contributed by atoms with E-state index in [1.165, 1.54) is 35.6 Å². The van der Waals surface area contributed by atoms with Gasteiger partial charge in [0.1, 0.15) is 22.3 Å². The number of ether oxygens (including phenoxy) is 1. The summed E-state index contributed by atoms with van der Waals surface area (Å²) in [4.78, 5) is 21.3. The number of carbonyl (C=O) groups excluding carboxylic acids is 1. The summed E-state index contributed by atoms with van der Waals surface area (Å²) in [5, 5.41) is 11.1. The monoisotopic (exact) mass is 468 g/mol. The molecule has 1 N–H and O–H groups in total. The number of rotatable bonds is 5. The van der Waals surface area contributed by atoms with Crippen LogP contribution in [0.25, 0.3) is 20.8 Å². The molecular formula is C27H17FN2O3S. The van der Waals surface area contributed by atoms with Gasteiger partial charge in [-0.2, -0.15) is 0 Å². The first-order valence-corrected chi connectivity index (χ1v) is 11.2. The van der Waals surface area contributed by atoms with Crippen LogP contribution in [0.15, 0.2) is 96.0 Å². The number of hydrogen-bond acceptors (Lipinski definition) is 6. The highest BCUT2D eigenvalue weighted by atomic mass is 32.1. The Labute approximate surface area is 198 Å². The molecule has 34 heavy (non-hydrogen) atoms. The van der Waals surface area contributed by atoms with Gasteiger partial charge in [0.2, 0.25) is 0 Å². The molecule has 0 saturated heterocycles. The highest BCUT2D eigenvalue weighted by Crippen LogP contribution is 2.37. The molecule has 7 heteroatoms. The van der Waals surface area contributed by atoms with Crippen molar-refractivity contribution >= 4 is 39.4 Å². The number of nitrogens with zero attached hydrogens (tertiary/aromatic N) is 2. The van der Waals surface area contributed by atoms with E-state index in [1.807, 2.05) is 24.3 Å². The van der Waals surface area contributed by atoms with E-state index in [-0.39, 0.29) is 11.3 Å². The van der Waals surface area contributed by atoms with Crippen molar-refractivity contribution in [2.45, 2.75) is 0 Å². The first-order chi connectivity index (χ1) is 16.5. The van der Waals surface area contributed by atoms with E-state index < -0.39 is 11.8 Å². The zero-order valence-corrected chi connectivity index (χ0v) is 18.5. The second-order valence-electron chi connectivity index (χ2n) is 7.41. The van der Waals surface area contributed by atoms with Crippen LogP contribution in [0.1, 0.15) is 15.9 Å². The number of aliphatic imine (C=N–C) groups is 1. The van der Waals surface area contributed by atoms with Gasteiger partial charge >= 0.3 is 5.97 Å². The van der Waals surface area contributed by atoms with Crippen molar-refractivity contribution in [1.82, 2.24) is 4.98 Å². The average Bonchev–Trinajstić information content (AvgIpc) is 3.29. The van der Waals surface area contributed by atoms with Crippen LogP contribution >= 0.6 is 11.3 Å². The SMILES string of the molecule is O=C(Oc1ccc(C=Nc2ccc(O)c(-c3nc4ccccc4s3)c2)cc1)c1ccc(F)cc1. The number of esters is 1. The first-order valence-electron chi connectivity index (χ1n) is 10.4. The summed E-state index contributed by atoms with van der Waals surface area (Å²) >= 11 is 1.51. The van der Waals surface area contributed by atoms with Gasteiger partial charge in [-0.15, -0.1) is 11.3 Å². The smallest absolute Gasteiger partial charge is 0.343 e. The molecule has 5 aromatic rings. The molecule has 0 radical (unpaired) electrons. The second-order valence-corrected chi connectivity index (χ2v) is 8.44. The number of phenols is 1. The maximum atomic E-state index is 13.0. The van der Waals surface area contributed by atoms with E-state index in [9.17, 15) is 14.3 Å². The zero-order chi connectivity index (χ0) is 23.5. The lowest BCUT2D eigenvalue weighted by atomic mass is 10.2. The van der Waals surface area contributed by atoms with Crippen LogP contribution in [-0.2, 0) is 0 Å². The number of aromatic nitrogens is 1. The van der Waals surface area contributed by atoms with Crippen LogP contribution < -0.4 is 4.74 Å². The molecule has 1 heterocycles. The number of halogens is 1. The number of benzene rings is 4. The molecule has 0 atom stereocenters. The van der Waals surface area contributed by atoms with Gasteiger partial charge in [-0.05, 0) is 84.4 Å². The Morgan fingerprint density at radius 3 is 2.50 bits per heavy atom. The van der Waals surface area contributed by atoms with Crippen LogP contribution in [0.4, 0.5) is 10.1 Å². The second kappa shape index (κ2) is 9.25. The number of carbonyl (C=O) groups is 1. The van der Waals surface area contributed by atoms with Crippen molar-refractivity contribution < 1.29 is 19.0 Å². The Balaban J connectivity index is 1.30. The third-order valence-corrected chi connectivity index (χ3v) is 6.11. The van der Waals surface area contributed by atoms with E-state index in [0.29, 0.717) is 17.0 Å². The lowest BCUT2D eigenvalue weighted by molar-refractivity contribution is 0.0734. The van der Waals surface area contributed by atoms with Gasteiger partial charge in [0, 0.05) is 6.21 Å². The molecule has 5 rings (SSSR count). The fourth-order valence-electron chi connectivity index (χ4n) is 3.29. The summed E-state index contributed by atoms with van der Waals surface area (Å²) in [5.74, 6) is -0.464. The number of thiazole rings is 1. The molecule has 0 unspecified atom stereocenters. The van der Waals surface area contributed by atoms with E-state index in [1.54, 1.807) is 48.7 Å². The van der Waals surface area contributed by atoms with Crippen LogP contribution in [0, 0.1) is 5.82 Å². The Bertz CT molecular complexity index is 1480. The molecular weight excluding hydrogens is 451 g/mol. The van der Waals surface area contributed by atoms with Crippen LogP contribution in [0.2, 0.25) is 0 Å². The molecule has 4 aromatic carbocycles. The van der Waals surface area contributed by atoms with Crippen LogP contribution in [0.5, 0.6) is 11.5 Å². The first kappa shape index (κ1) is 21.5. The van der Waals surface area contributed by atoms with Crippen molar-refractivity contribution in [2.24, 2.45) is 4.99 Å². The maximum Gasteiger partial charge on any atom is 0.343 e. The van der Waals surface area contributed by atoms with Crippen molar-refractivity contribution in [1.29, 1.82) is 0 Å². The van der Waals surface area contributed by atoms with Crippen molar-refractivity contribution in [2.75, 3.05) is 0 Å². The summed E-state index contributed by atoms with van der Waals surface area (Å²) in [5.41, 5.74) is 3.24. The molecule has 0 aliphatic carbocycles. The van der Waals surface area contributed by atoms with Gasteiger partial charge in [0.25, 0.3) is 0 Å². The standard InChI is InChI=1S/C27H17FN2O3S/c28-19-9-7-18(8-10-19)27(32)33-21-12-5-17(6-13-21)16-29-20-11-14-24(31)22(15-20)26-30-23-3-1-2-4-25(23)34-26/h1-16,31H. The molecule has 0 fully saturated rings. The molecule has 0 saturated carbocycles. The fourth-order valence-corrected chi connectivity index (χ4v) is 4.28. The summed E-state index contributed by atoms with van der Waals surface area (Å²) in [6, 6.07) is 25.0. The van der Waals surface area contributed by atoms with Gasteiger partial charge in [0.05, 0.1) is 27.0 Å². The van der Waals surface area contributed by atoms with Crippen LogP contribution in [-0.4, -0.2) is 22.3 Å². The average molecular weight is 469 g/mol. The predicted molar refractivity (Wildman–Crippen MR) is 132 cm³/mol. The third kappa shape index (κ3) is 4.69. The van der Waals surface area contributed by atoms with E-state index >= 15 is 0 Å². The number of para-hydroxylation sites is 1. The summed E-state index contributed by atoms with van der Waals surface area (Å²) in [6.07, 6.45) is 1.68. The lowest BCUT2D eigenvalue weighted by Crippen LogP contribution is -2.08. The van der Waals surface area contributed by atoms with Gasteiger partial charge in [-0.25, -0.2) is 14.2 Å². The van der Waals surface area contributed by atoms with Gasteiger partial charge in [-0.3, -0.25) is 4.99 Å². The topological polar surface area (TPSA) is 71.8 Å². The zero-order valence-electron chi connectivity index (χ0n) is 17.7. The third-order valence-electron chi connectivity index (χ3n) is 5.04. The molecule has 166 valence electrons. The minimum Gasteiger partial charge on any atom is -0.507 e. The highest BCUT2D eigenvalue weighted by molar-refractivity contribution is 7.21. The quantitative estimate of drug-likeness (QED) is 0.175. The van der Waals surface area contributed by atoms with Crippen molar-refractivity contribution in [3.8, 4) is 22.1 Å². The number of aromatic hydroxyl groups is 1. The molecule has 0 aliphatic heterocycles. The van der Waals surface area contributed by atoms with Gasteiger partial charge in [0.15, 0.2) is 0 Å². The Morgan fingerprint density at radius 1 is 0.971 bits per heavy atom. The highest BCUT2D eigenvalue weighted by Gasteiger charge is 2.11. The number of phenolic OH excluding ortho intramolecular Hbond substituents is 1. The van der Waals surface area contributed by atoms with E-state index in [2.05, 4.69) is 9.98 Å². The van der Waals surface area contributed by atoms with E-state index in [0.717, 1.165) is 20.8 Å². The normalized spacial score (nSPS) is 11.2. The Morgan fingerprint density at radius 2 is 1.74 bits per heavy atom. The molecule has 1 aromatic heterocycles. The molecule has 0 aliphatic rings. The maximum absolute atomic E-state index is 13.0. The largest absolute Gasteiger partial charge is 0.507 e. The fraction of sp³-hybridized carbons (Fsp3) is 0. The van der Waals surface area contributed by atoms with Gasteiger partial charge in [-0.1, -0.05) is 12.1 Å². The summed E-state index contributed by atoms with van der Waals surface area (Å²) < 4.78 is 19.4. The molecule has 5 nitrogen and oxygen atoms in total. The van der Waals surface area contributed by atoms with Gasteiger partial charge < -0.3 is 9.84 Å². The minimum atomic E-state index is -0.562.